The van der Waals surface area contributed by atoms with Crippen LogP contribution in [0.3, 0.4) is 0 Å². The summed E-state index contributed by atoms with van der Waals surface area (Å²) in [5.41, 5.74) is 0. The zero-order valence-electron chi connectivity index (χ0n) is 10.1. The molecule has 1 heterocycles. The largest absolute Gasteiger partial charge is 0.481 e. The van der Waals surface area contributed by atoms with E-state index in [1.165, 1.54) is 0 Å². The maximum atomic E-state index is 10.6. The summed E-state index contributed by atoms with van der Waals surface area (Å²) in [4.78, 5) is 15.1. The van der Waals surface area contributed by atoms with E-state index in [4.69, 9.17) is 5.11 Å². The molecule has 1 aliphatic heterocycles. The maximum Gasteiger partial charge on any atom is 0.304 e. The third-order valence-electron chi connectivity index (χ3n) is 3.36. The highest BCUT2D eigenvalue weighted by Gasteiger charge is 2.33. The Bertz CT molecular complexity index is 231. The van der Waals surface area contributed by atoms with E-state index in [0.29, 0.717) is 12.0 Å². The van der Waals surface area contributed by atoms with E-state index < -0.39 is 5.97 Å². The van der Waals surface area contributed by atoms with Gasteiger partial charge in [0.15, 0.2) is 0 Å². The Morgan fingerprint density at radius 2 is 2.13 bits per heavy atom. The number of likely N-dealkylation sites (tertiary alicyclic amines) is 1. The molecule has 3 unspecified atom stereocenters. The van der Waals surface area contributed by atoms with E-state index in [0.717, 1.165) is 13.1 Å². The highest BCUT2D eigenvalue weighted by molar-refractivity contribution is 5.67. The third-order valence-corrected chi connectivity index (χ3v) is 3.36. The fourth-order valence-electron chi connectivity index (χ4n) is 2.40. The molecule has 0 aromatic rings. The second-order valence-corrected chi connectivity index (χ2v) is 4.91. The van der Waals surface area contributed by atoms with E-state index in [1.807, 2.05) is 6.92 Å². The van der Waals surface area contributed by atoms with Gasteiger partial charge in [0, 0.05) is 25.2 Å². The average molecular weight is 214 g/mol. The Morgan fingerprint density at radius 1 is 1.53 bits per heavy atom. The molecule has 0 aromatic heterocycles. The van der Waals surface area contributed by atoms with Crippen LogP contribution in [0.25, 0.3) is 0 Å². The molecule has 1 aliphatic rings. The Hall–Kier alpha value is -0.610. The number of aliphatic carboxylic acids is 1. The topological polar surface area (TPSA) is 43.8 Å². The molecule has 0 saturated carbocycles. The smallest absolute Gasteiger partial charge is 0.304 e. The first-order valence-corrected chi connectivity index (χ1v) is 5.54. The van der Waals surface area contributed by atoms with Crippen LogP contribution in [-0.2, 0) is 4.79 Å². The minimum Gasteiger partial charge on any atom is -0.481 e. The van der Waals surface area contributed by atoms with E-state index in [2.05, 4.69) is 30.8 Å². The van der Waals surface area contributed by atoms with Crippen molar-refractivity contribution in [3.8, 4) is 0 Å². The highest BCUT2D eigenvalue weighted by atomic mass is 16.4. The Labute approximate surface area is 91.9 Å². The molecule has 1 rings (SSSR count). The summed E-state index contributed by atoms with van der Waals surface area (Å²) in [5, 5.41) is 8.75. The minimum absolute atomic E-state index is 0.148. The van der Waals surface area contributed by atoms with E-state index >= 15 is 0 Å². The predicted molar refractivity (Wildman–Crippen MR) is 59.9 cm³/mol. The quantitative estimate of drug-likeness (QED) is 0.749. The van der Waals surface area contributed by atoms with Crippen LogP contribution in [-0.4, -0.2) is 60.1 Å². The van der Waals surface area contributed by atoms with Gasteiger partial charge in [-0.3, -0.25) is 9.69 Å². The fourth-order valence-corrected chi connectivity index (χ4v) is 2.40. The first-order chi connectivity index (χ1) is 6.91. The van der Waals surface area contributed by atoms with Crippen molar-refractivity contribution in [2.45, 2.75) is 32.4 Å². The number of carbonyl (C=O) groups is 1. The zero-order valence-corrected chi connectivity index (χ0v) is 10.1. The molecule has 0 aromatic carbocycles. The van der Waals surface area contributed by atoms with Crippen molar-refractivity contribution in [3.63, 3.8) is 0 Å². The molecule has 0 aliphatic carbocycles. The van der Waals surface area contributed by atoms with Crippen molar-refractivity contribution in [1.82, 2.24) is 9.80 Å². The van der Waals surface area contributed by atoms with Crippen molar-refractivity contribution in [2.24, 2.45) is 5.92 Å². The van der Waals surface area contributed by atoms with Crippen molar-refractivity contribution in [1.29, 1.82) is 0 Å². The Balaban J connectivity index is 2.50. The average Bonchev–Trinajstić information content (AvgIpc) is 2.46. The molecule has 4 nitrogen and oxygen atoms in total. The summed E-state index contributed by atoms with van der Waals surface area (Å²) in [5.74, 6) is -0.0836. The van der Waals surface area contributed by atoms with Gasteiger partial charge < -0.3 is 10.0 Å². The lowest BCUT2D eigenvalue weighted by atomic mass is 10.1. The number of likely N-dealkylation sites (N-methyl/N-ethyl adjacent to an activating group) is 1. The SMILES string of the molecule is CC1CN(C(C)CC(=O)O)CC1N(C)C. The van der Waals surface area contributed by atoms with Gasteiger partial charge in [-0.2, -0.15) is 0 Å². The summed E-state index contributed by atoms with van der Waals surface area (Å²) in [6.45, 7) is 6.23. The van der Waals surface area contributed by atoms with Gasteiger partial charge in [-0.1, -0.05) is 6.92 Å². The normalized spacial score (nSPS) is 29.7. The standard InChI is InChI=1S/C11H22N2O2/c1-8-6-13(7-10(8)12(3)4)9(2)5-11(14)15/h8-10H,5-7H2,1-4H3,(H,14,15). The predicted octanol–water partition coefficient (Wildman–Crippen LogP) is 0.731. The van der Waals surface area contributed by atoms with Gasteiger partial charge in [0.25, 0.3) is 0 Å². The molecule has 0 spiro atoms. The zero-order chi connectivity index (χ0) is 11.6. The van der Waals surface area contributed by atoms with Crippen LogP contribution in [0.4, 0.5) is 0 Å². The molecule has 1 N–H and O–H groups in total. The molecule has 4 heteroatoms. The van der Waals surface area contributed by atoms with Crippen molar-refractivity contribution < 1.29 is 9.90 Å². The van der Waals surface area contributed by atoms with Crippen LogP contribution < -0.4 is 0 Å². The van der Waals surface area contributed by atoms with Gasteiger partial charge in [-0.25, -0.2) is 0 Å². The molecule has 15 heavy (non-hydrogen) atoms. The summed E-state index contributed by atoms with van der Waals surface area (Å²) in [7, 11) is 4.18. The molecule has 0 radical (unpaired) electrons. The van der Waals surface area contributed by atoms with Gasteiger partial charge in [0.1, 0.15) is 0 Å². The van der Waals surface area contributed by atoms with Gasteiger partial charge in [-0.15, -0.1) is 0 Å². The minimum atomic E-state index is -0.705. The molecular weight excluding hydrogens is 192 g/mol. The van der Waals surface area contributed by atoms with Gasteiger partial charge in [0.05, 0.1) is 6.42 Å². The molecule has 1 saturated heterocycles. The number of nitrogens with zero attached hydrogens (tertiary/aromatic N) is 2. The summed E-state index contributed by atoms with van der Waals surface area (Å²) >= 11 is 0. The monoisotopic (exact) mass is 214 g/mol. The van der Waals surface area contributed by atoms with Crippen LogP contribution in [0, 0.1) is 5.92 Å². The summed E-state index contributed by atoms with van der Waals surface area (Å²) in [6.07, 6.45) is 0.243. The van der Waals surface area contributed by atoms with Crippen molar-refractivity contribution >= 4 is 5.97 Å². The summed E-state index contributed by atoms with van der Waals surface area (Å²) < 4.78 is 0. The lowest BCUT2D eigenvalue weighted by Crippen LogP contribution is -2.37. The Kier molecular flexibility index (Phi) is 4.11. The second-order valence-electron chi connectivity index (χ2n) is 4.91. The van der Waals surface area contributed by atoms with Gasteiger partial charge in [-0.05, 0) is 26.9 Å². The highest BCUT2D eigenvalue weighted by Crippen LogP contribution is 2.22. The molecular formula is C11H22N2O2. The maximum absolute atomic E-state index is 10.6. The first-order valence-electron chi connectivity index (χ1n) is 5.54. The molecule has 3 atom stereocenters. The number of carboxylic acid groups (broad SMARTS) is 1. The number of hydrogen-bond acceptors (Lipinski definition) is 3. The van der Waals surface area contributed by atoms with Crippen LogP contribution in [0.1, 0.15) is 20.3 Å². The van der Waals surface area contributed by atoms with Gasteiger partial charge in [0.2, 0.25) is 0 Å². The number of carboxylic acids is 1. The molecule has 1 fully saturated rings. The number of hydrogen-bond donors (Lipinski definition) is 1. The van der Waals surface area contributed by atoms with Crippen molar-refractivity contribution in [3.05, 3.63) is 0 Å². The van der Waals surface area contributed by atoms with Crippen LogP contribution in [0.5, 0.6) is 0 Å². The number of rotatable bonds is 4. The van der Waals surface area contributed by atoms with E-state index in [1.54, 1.807) is 0 Å². The molecule has 88 valence electrons. The fraction of sp³-hybridized carbons (Fsp3) is 0.909. The van der Waals surface area contributed by atoms with E-state index in [9.17, 15) is 4.79 Å². The van der Waals surface area contributed by atoms with Crippen LogP contribution in [0.2, 0.25) is 0 Å². The van der Waals surface area contributed by atoms with Crippen LogP contribution in [0.15, 0.2) is 0 Å². The molecule has 0 amide bonds. The van der Waals surface area contributed by atoms with Gasteiger partial charge >= 0.3 is 5.97 Å². The lowest BCUT2D eigenvalue weighted by Gasteiger charge is -2.24. The third kappa shape index (κ3) is 3.18. The molecule has 0 bridgehead atoms. The second kappa shape index (κ2) is 4.94. The van der Waals surface area contributed by atoms with Crippen LogP contribution >= 0.6 is 0 Å². The van der Waals surface area contributed by atoms with Crippen molar-refractivity contribution in [2.75, 3.05) is 27.2 Å². The van der Waals surface area contributed by atoms with E-state index in [-0.39, 0.29) is 12.5 Å². The Morgan fingerprint density at radius 3 is 2.53 bits per heavy atom. The first kappa shape index (κ1) is 12.5. The lowest BCUT2D eigenvalue weighted by molar-refractivity contribution is -0.138. The summed E-state index contributed by atoms with van der Waals surface area (Å²) in [6, 6.07) is 0.705.